The topological polar surface area (TPSA) is 32.8 Å². The zero-order valence-corrected chi connectivity index (χ0v) is 21.2. The van der Waals surface area contributed by atoms with E-state index in [-0.39, 0.29) is 22.7 Å². The van der Waals surface area contributed by atoms with Crippen LogP contribution in [0, 0.1) is 5.41 Å². The second-order valence-electron chi connectivity index (χ2n) is 10.0. The molecular weight excluding hydrogens is 427 g/mol. The molecule has 2 fully saturated rings. The molecule has 1 heterocycles. The van der Waals surface area contributed by atoms with E-state index in [4.69, 9.17) is 4.74 Å². The third-order valence-electron chi connectivity index (χ3n) is 7.26. The number of ether oxygens (including phenoxy) is 1. The molecule has 1 saturated carbocycles. The molecule has 0 unspecified atom stereocenters. The van der Waals surface area contributed by atoms with Crippen LogP contribution in [0.2, 0.25) is 13.3 Å². The van der Waals surface area contributed by atoms with Crippen molar-refractivity contribution in [3.63, 3.8) is 0 Å². The molecule has 2 nitrogen and oxygen atoms in total. The van der Waals surface area contributed by atoms with Crippen molar-refractivity contribution in [1.29, 1.82) is 0 Å². The number of epoxide rings is 1. The Bertz CT molecular complexity index is 465. The summed E-state index contributed by atoms with van der Waals surface area (Å²) in [5, 5.41) is 10.3. The first-order valence-corrected chi connectivity index (χ1v) is 19.0. The summed E-state index contributed by atoms with van der Waals surface area (Å²) in [7, 11) is 0. The summed E-state index contributed by atoms with van der Waals surface area (Å²) in [6, 6.07) is 0. The van der Waals surface area contributed by atoms with Gasteiger partial charge in [-0.15, -0.1) is 0 Å². The summed E-state index contributed by atoms with van der Waals surface area (Å²) in [6.45, 7) is 13.8. The van der Waals surface area contributed by atoms with Crippen LogP contribution < -0.4 is 0 Å². The van der Waals surface area contributed by atoms with E-state index in [1.54, 1.807) is 0 Å². The van der Waals surface area contributed by atoms with Gasteiger partial charge >= 0.3 is 167 Å². The molecule has 3 heteroatoms. The molecule has 2 rings (SSSR count). The van der Waals surface area contributed by atoms with E-state index in [2.05, 4.69) is 51.7 Å². The Morgan fingerprint density at radius 1 is 0.923 bits per heavy atom. The molecule has 2 aliphatic rings. The maximum absolute atomic E-state index is 10.3. The van der Waals surface area contributed by atoms with Gasteiger partial charge in [0.15, 0.2) is 0 Å². The van der Waals surface area contributed by atoms with Gasteiger partial charge in [0, 0.05) is 0 Å². The molecule has 1 aliphatic carbocycles. The van der Waals surface area contributed by atoms with Crippen LogP contribution in [0.1, 0.15) is 92.9 Å². The Kier molecular flexibility index (Phi) is 7.75. The van der Waals surface area contributed by atoms with Crippen LogP contribution in [0.4, 0.5) is 0 Å². The van der Waals surface area contributed by atoms with Gasteiger partial charge in [-0.05, 0) is 0 Å². The number of unbranched alkanes of at least 4 members (excludes halogenated alkanes) is 3. The standard InChI is InChI=1S/C11H17O2.3C4H9.Sn/c1-5-11-9(2,3)6-8(12)7-10(11,4)13-11;3*1-3-4-2;/h1,5,8,12H,6-7H2,2-4H3;3*1,3-4H2,2H3;/t8-,10-,11-;;;;/m1..../s1. The third-order valence-corrected chi connectivity index (χ3v) is 21.3. The Labute approximate surface area is 167 Å². The molecule has 1 aliphatic heterocycles. The molecule has 0 aromatic heterocycles. The molecule has 0 bridgehead atoms. The Morgan fingerprint density at radius 3 is 1.85 bits per heavy atom. The molecule has 0 aromatic carbocycles. The quantitative estimate of drug-likeness (QED) is 0.271. The number of hydrogen-bond donors (Lipinski definition) is 1. The van der Waals surface area contributed by atoms with E-state index < -0.39 is 18.4 Å². The minimum absolute atomic E-state index is 0.0216. The first-order valence-electron chi connectivity index (χ1n) is 11.3. The van der Waals surface area contributed by atoms with Crippen molar-refractivity contribution in [1.82, 2.24) is 0 Å². The van der Waals surface area contributed by atoms with Gasteiger partial charge in [-0.1, -0.05) is 0 Å². The Hall–Kier alpha value is 0.459. The van der Waals surface area contributed by atoms with E-state index in [1.165, 1.54) is 51.8 Å². The van der Waals surface area contributed by atoms with E-state index in [1.807, 2.05) is 0 Å². The molecule has 0 aromatic rings. The Morgan fingerprint density at radius 2 is 1.42 bits per heavy atom. The number of rotatable bonds is 11. The molecular formula is C23H44O2Sn. The fraction of sp³-hybridized carbons (Fsp3) is 0.913. The van der Waals surface area contributed by atoms with E-state index in [9.17, 15) is 5.11 Å². The first-order chi connectivity index (χ1) is 12.2. The first kappa shape index (κ1) is 22.7. The van der Waals surface area contributed by atoms with E-state index in [0.29, 0.717) is 0 Å². The van der Waals surface area contributed by atoms with Crippen LogP contribution in [-0.4, -0.2) is 40.8 Å². The van der Waals surface area contributed by atoms with E-state index in [0.717, 1.165) is 12.8 Å². The van der Waals surface area contributed by atoms with Gasteiger partial charge in [0.05, 0.1) is 0 Å². The van der Waals surface area contributed by atoms with Crippen LogP contribution in [0.5, 0.6) is 0 Å². The predicted molar refractivity (Wildman–Crippen MR) is 115 cm³/mol. The molecule has 26 heavy (non-hydrogen) atoms. The molecule has 3 atom stereocenters. The number of aliphatic hydroxyl groups excluding tert-OH is 1. The van der Waals surface area contributed by atoms with Crippen LogP contribution in [0.25, 0.3) is 0 Å². The van der Waals surface area contributed by atoms with Crippen molar-refractivity contribution in [2.75, 3.05) is 0 Å². The Balaban J connectivity index is 2.27. The molecule has 152 valence electrons. The summed E-state index contributed by atoms with van der Waals surface area (Å²) in [5.41, 5.74) is -0.262. The van der Waals surface area contributed by atoms with Gasteiger partial charge < -0.3 is 0 Å². The summed E-state index contributed by atoms with van der Waals surface area (Å²) < 4.78 is 13.7. The van der Waals surface area contributed by atoms with Crippen LogP contribution in [0.3, 0.4) is 0 Å². The number of aliphatic hydroxyl groups is 1. The van der Waals surface area contributed by atoms with Gasteiger partial charge in [0.25, 0.3) is 0 Å². The normalized spacial score (nSPS) is 33.4. The molecule has 0 amide bonds. The van der Waals surface area contributed by atoms with Gasteiger partial charge in [-0.25, -0.2) is 0 Å². The van der Waals surface area contributed by atoms with Crippen molar-refractivity contribution >= 4 is 18.4 Å². The SMILES string of the molecule is CCC[CH2][Sn](/[CH]=C/[C@]12O[C@]1(C)C[C@H](O)CC2(C)C)([CH2]CCC)[CH2]CCC. The van der Waals surface area contributed by atoms with Crippen molar-refractivity contribution < 1.29 is 9.84 Å². The predicted octanol–water partition coefficient (Wildman–Crippen LogP) is 6.64. The van der Waals surface area contributed by atoms with Gasteiger partial charge in [-0.2, -0.15) is 0 Å². The van der Waals surface area contributed by atoms with Crippen molar-refractivity contribution in [2.24, 2.45) is 5.41 Å². The maximum atomic E-state index is 10.3. The number of hydrogen-bond acceptors (Lipinski definition) is 2. The summed E-state index contributed by atoms with van der Waals surface area (Å²) >= 11 is -2.28. The fourth-order valence-corrected chi connectivity index (χ4v) is 19.9. The number of fused-ring (bicyclic) bond motifs is 1. The fourth-order valence-electron chi connectivity index (χ4n) is 5.58. The van der Waals surface area contributed by atoms with E-state index >= 15 is 0 Å². The zero-order chi connectivity index (χ0) is 19.5. The second kappa shape index (κ2) is 8.86. The molecule has 0 spiro atoms. The van der Waals surface area contributed by atoms with Crippen molar-refractivity contribution in [3.05, 3.63) is 10.2 Å². The zero-order valence-electron chi connectivity index (χ0n) is 18.4. The van der Waals surface area contributed by atoms with Gasteiger partial charge in [-0.3, -0.25) is 0 Å². The van der Waals surface area contributed by atoms with Crippen LogP contribution in [0.15, 0.2) is 10.2 Å². The van der Waals surface area contributed by atoms with Gasteiger partial charge in [0.1, 0.15) is 0 Å². The average Bonchev–Trinajstić information content (AvgIpc) is 3.19. The van der Waals surface area contributed by atoms with Crippen LogP contribution >= 0.6 is 0 Å². The average molecular weight is 471 g/mol. The molecule has 1 saturated heterocycles. The molecule has 0 radical (unpaired) electrons. The molecule has 1 N–H and O–H groups in total. The summed E-state index contributed by atoms with van der Waals surface area (Å²) in [4.78, 5) is 0. The van der Waals surface area contributed by atoms with Gasteiger partial charge in [0.2, 0.25) is 0 Å². The minimum atomic E-state index is -2.28. The van der Waals surface area contributed by atoms with Crippen LogP contribution in [-0.2, 0) is 4.74 Å². The summed E-state index contributed by atoms with van der Waals surface area (Å²) in [5.74, 6) is 0. The summed E-state index contributed by atoms with van der Waals surface area (Å²) in [6.07, 6.45) is 12.1. The third kappa shape index (κ3) is 4.54. The van der Waals surface area contributed by atoms with Crippen molar-refractivity contribution in [2.45, 2.75) is 124 Å². The monoisotopic (exact) mass is 472 g/mol. The second-order valence-corrected chi connectivity index (χ2v) is 23.0. The van der Waals surface area contributed by atoms with Crippen molar-refractivity contribution in [3.8, 4) is 0 Å².